The minimum absolute atomic E-state index is 0.190. The minimum Gasteiger partial charge on any atom is -0.370 e. The number of nitrogens with one attached hydrogen (secondary N) is 1. The third-order valence-corrected chi connectivity index (χ3v) is 5.78. The highest BCUT2D eigenvalue weighted by atomic mass is 19.4. The molecule has 4 heterocycles. The Morgan fingerprint density at radius 1 is 1.09 bits per heavy atom. The molecule has 8 nitrogen and oxygen atoms in total. The van der Waals surface area contributed by atoms with E-state index >= 15 is 0 Å². The molecule has 0 spiro atoms. The van der Waals surface area contributed by atoms with Gasteiger partial charge >= 0.3 is 6.18 Å². The quantitative estimate of drug-likeness (QED) is 0.453. The molecule has 1 aromatic carbocycles. The third-order valence-electron chi connectivity index (χ3n) is 5.78. The van der Waals surface area contributed by atoms with E-state index in [0.717, 1.165) is 54.7 Å². The summed E-state index contributed by atoms with van der Waals surface area (Å²) in [5, 5.41) is 10.9. The maximum atomic E-state index is 13.0. The summed E-state index contributed by atoms with van der Waals surface area (Å²) < 4.78 is 40.4. The zero-order valence-electron chi connectivity index (χ0n) is 18.6. The molecule has 3 aromatic heterocycles. The molecule has 0 atom stereocenters. The summed E-state index contributed by atoms with van der Waals surface area (Å²) in [6, 6.07) is 8.57. The predicted molar refractivity (Wildman–Crippen MR) is 123 cm³/mol. The van der Waals surface area contributed by atoms with Crippen LogP contribution in [0.2, 0.25) is 0 Å². The van der Waals surface area contributed by atoms with Crippen LogP contribution in [0.4, 0.5) is 24.7 Å². The number of aryl methyl sites for hydroxylation is 1. The van der Waals surface area contributed by atoms with Crippen molar-refractivity contribution in [3.8, 4) is 16.9 Å². The van der Waals surface area contributed by atoms with Crippen LogP contribution in [0, 0.1) is 6.92 Å². The lowest BCUT2D eigenvalue weighted by Gasteiger charge is -2.32. The summed E-state index contributed by atoms with van der Waals surface area (Å²) in [6.45, 7) is 3.86. The largest absolute Gasteiger partial charge is 0.416 e. The molecule has 1 saturated heterocycles. The Labute approximate surface area is 198 Å². The molecule has 11 heteroatoms. The number of hydrogen-bond donors (Lipinski definition) is 1. The van der Waals surface area contributed by atoms with Gasteiger partial charge in [0.1, 0.15) is 11.5 Å². The van der Waals surface area contributed by atoms with Crippen LogP contribution in [-0.2, 0) is 6.18 Å². The molecule has 178 valence electrons. The van der Waals surface area contributed by atoms with Crippen molar-refractivity contribution in [2.24, 2.45) is 0 Å². The Bertz CT molecular complexity index is 1400. The molecule has 0 radical (unpaired) electrons. The fourth-order valence-electron chi connectivity index (χ4n) is 3.69. The van der Waals surface area contributed by atoms with Gasteiger partial charge < -0.3 is 10.2 Å². The normalized spacial score (nSPS) is 13.4. The van der Waals surface area contributed by atoms with Crippen molar-refractivity contribution in [1.29, 1.82) is 0 Å². The van der Waals surface area contributed by atoms with E-state index in [2.05, 4.69) is 30.5 Å². The number of amides is 1. The molecule has 1 aliphatic heterocycles. The van der Waals surface area contributed by atoms with Crippen molar-refractivity contribution in [1.82, 2.24) is 25.0 Å². The van der Waals surface area contributed by atoms with Crippen LogP contribution >= 0.6 is 0 Å². The molecule has 0 aliphatic carbocycles. The van der Waals surface area contributed by atoms with E-state index in [1.807, 2.05) is 19.2 Å². The number of carbonyl (C=O) groups is 1. The van der Waals surface area contributed by atoms with Crippen molar-refractivity contribution in [3.63, 3.8) is 0 Å². The number of aromatic nitrogens is 5. The Kier molecular flexibility index (Phi) is 5.67. The molecule has 0 bridgehead atoms. The topological polar surface area (TPSA) is 88.8 Å². The fraction of sp³-hybridized carbons (Fsp3) is 0.208. The standard InChI is InChI=1S/C24H20F3N7O/c1-15-3-4-16(23(35)30-22-11-18(5-6-29-22)24(25,26)27)10-21(15)34-14-20(31-32-34)17-9-19(13-28-12-17)33-7-2-8-33/h3-6,9-14H,2,7-8H2,1H3,(H,29,30,35). The Balaban J connectivity index is 1.38. The van der Waals surface area contributed by atoms with Crippen LogP contribution in [-0.4, -0.2) is 44.0 Å². The van der Waals surface area contributed by atoms with Crippen LogP contribution in [0.25, 0.3) is 16.9 Å². The molecule has 1 N–H and O–H groups in total. The number of benzene rings is 1. The zero-order valence-corrected chi connectivity index (χ0v) is 18.6. The summed E-state index contributed by atoms with van der Waals surface area (Å²) in [6.07, 6.45) is 2.91. The van der Waals surface area contributed by atoms with Gasteiger partial charge in [0.15, 0.2) is 0 Å². The van der Waals surface area contributed by atoms with Crippen LogP contribution in [0.3, 0.4) is 0 Å². The summed E-state index contributed by atoms with van der Waals surface area (Å²) in [5.74, 6) is -0.783. The molecule has 1 fully saturated rings. The van der Waals surface area contributed by atoms with Crippen LogP contribution in [0.5, 0.6) is 0 Å². The van der Waals surface area contributed by atoms with Gasteiger partial charge in [-0.2, -0.15) is 13.2 Å². The number of hydrogen-bond acceptors (Lipinski definition) is 6. The lowest BCUT2D eigenvalue weighted by molar-refractivity contribution is -0.137. The molecule has 0 unspecified atom stereocenters. The second-order valence-corrected chi connectivity index (χ2v) is 8.20. The number of carbonyl (C=O) groups excluding carboxylic acids is 1. The van der Waals surface area contributed by atoms with Crippen molar-refractivity contribution < 1.29 is 18.0 Å². The summed E-state index contributed by atoms with van der Waals surface area (Å²) in [5.41, 5.74) is 3.27. The van der Waals surface area contributed by atoms with Crippen LogP contribution in [0.1, 0.15) is 27.9 Å². The van der Waals surface area contributed by atoms with E-state index in [1.165, 1.54) is 0 Å². The number of rotatable bonds is 5. The van der Waals surface area contributed by atoms with Crippen LogP contribution in [0.15, 0.2) is 61.2 Å². The van der Waals surface area contributed by atoms with Crippen molar-refractivity contribution in [2.45, 2.75) is 19.5 Å². The predicted octanol–water partition coefficient (Wildman–Crippen LogP) is 4.51. The Morgan fingerprint density at radius 2 is 1.91 bits per heavy atom. The van der Waals surface area contributed by atoms with Gasteiger partial charge in [-0.1, -0.05) is 11.3 Å². The highest BCUT2D eigenvalue weighted by Gasteiger charge is 2.31. The zero-order chi connectivity index (χ0) is 24.6. The summed E-state index contributed by atoms with van der Waals surface area (Å²) in [7, 11) is 0. The lowest BCUT2D eigenvalue weighted by Crippen LogP contribution is -2.36. The number of anilines is 2. The minimum atomic E-state index is -4.53. The van der Waals surface area contributed by atoms with E-state index < -0.39 is 17.6 Å². The molecule has 35 heavy (non-hydrogen) atoms. The first-order chi connectivity index (χ1) is 16.8. The summed E-state index contributed by atoms with van der Waals surface area (Å²) >= 11 is 0. The van der Waals surface area contributed by atoms with E-state index in [-0.39, 0.29) is 11.4 Å². The van der Waals surface area contributed by atoms with Gasteiger partial charge in [0.2, 0.25) is 0 Å². The average molecular weight is 479 g/mol. The van der Waals surface area contributed by atoms with Gasteiger partial charge in [0, 0.05) is 36.6 Å². The molecule has 4 aromatic rings. The molecule has 1 amide bonds. The van der Waals surface area contributed by atoms with E-state index in [4.69, 9.17) is 0 Å². The number of halogens is 3. The Morgan fingerprint density at radius 3 is 2.66 bits per heavy atom. The van der Waals surface area contributed by atoms with Crippen molar-refractivity contribution in [2.75, 3.05) is 23.3 Å². The highest BCUT2D eigenvalue weighted by Crippen LogP contribution is 2.30. The maximum absolute atomic E-state index is 13.0. The van der Waals surface area contributed by atoms with Gasteiger partial charge in [0.25, 0.3) is 5.91 Å². The van der Waals surface area contributed by atoms with Gasteiger partial charge in [-0.25, -0.2) is 9.67 Å². The van der Waals surface area contributed by atoms with Gasteiger partial charge in [-0.15, -0.1) is 5.10 Å². The maximum Gasteiger partial charge on any atom is 0.416 e. The van der Waals surface area contributed by atoms with E-state index in [1.54, 1.807) is 35.3 Å². The molecule has 5 rings (SSSR count). The highest BCUT2D eigenvalue weighted by molar-refractivity contribution is 6.04. The first-order valence-corrected chi connectivity index (χ1v) is 10.9. The van der Waals surface area contributed by atoms with E-state index in [0.29, 0.717) is 11.4 Å². The first kappa shape index (κ1) is 22.5. The number of nitrogens with zero attached hydrogens (tertiary/aromatic N) is 6. The molecule has 0 saturated carbocycles. The SMILES string of the molecule is Cc1ccc(C(=O)Nc2cc(C(F)(F)F)ccn2)cc1-n1cc(-c2cncc(N3CCC3)c2)nn1. The van der Waals surface area contributed by atoms with Crippen molar-refractivity contribution in [3.05, 3.63) is 77.9 Å². The van der Waals surface area contributed by atoms with Gasteiger partial charge in [-0.05, 0) is 49.2 Å². The van der Waals surface area contributed by atoms with E-state index in [9.17, 15) is 18.0 Å². The molecule has 1 aliphatic rings. The average Bonchev–Trinajstić information content (AvgIpc) is 3.28. The smallest absolute Gasteiger partial charge is 0.370 e. The fourth-order valence-corrected chi connectivity index (χ4v) is 3.69. The number of pyridine rings is 2. The summed E-state index contributed by atoms with van der Waals surface area (Å²) in [4.78, 5) is 23.1. The first-order valence-electron chi connectivity index (χ1n) is 10.9. The lowest BCUT2D eigenvalue weighted by atomic mass is 10.1. The number of alkyl halides is 3. The van der Waals surface area contributed by atoms with Crippen LogP contribution < -0.4 is 10.2 Å². The van der Waals surface area contributed by atoms with Gasteiger partial charge in [-0.3, -0.25) is 9.78 Å². The second kappa shape index (κ2) is 8.82. The van der Waals surface area contributed by atoms with Gasteiger partial charge in [0.05, 0.1) is 29.3 Å². The second-order valence-electron chi connectivity index (χ2n) is 8.20. The molecular weight excluding hydrogens is 459 g/mol. The van der Waals surface area contributed by atoms with Crippen molar-refractivity contribution >= 4 is 17.4 Å². The monoisotopic (exact) mass is 479 g/mol. The Hall–Kier alpha value is -4.28. The third kappa shape index (κ3) is 4.70. The molecular formula is C24H20F3N7O.